The number of hydrogen-bond donors (Lipinski definition) is 1. The summed E-state index contributed by atoms with van der Waals surface area (Å²) in [7, 11) is 1.38. The van der Waals surface area contributed by atoms with Crippen molar-refractivity contribution >= 4 is 29.8 Å². The smallest absolute Gasteiger partial charge is 0.303 e. The van der Waals surface area contributed by atoms with Crippen LogP contribution in [0.1, 0.15) is 46.5 Å². The molecule has 16 nitrogen and oxygen atoms in total. The van der Waals surface area contributed by atoms with E-state index in [0.29, 0.717) is 5.56 Å². The number of ether oxygens (including phenoxy) is 10. The highest BCUT2D eigenvalue weighted by Gasteiger charge is 2.57. The van der Waals surface area contributed by atoms with Crippen molar-refractivity contribution in [2.24, 2.45) is 0 Å². The minimum atomic E-state index is -1.56. The van der Waals surface area contributed by atoms with Gasteiger partial charge in [0, 0.05) is 47.3 Å². The molecule has 4 rings (SSSR count). The Morgan fingerprint density at radius 1 is 0.761 bits per heavy atom. The molecular weight excluding hydrogens is 614 g/mol. The standard InChI is InChI=1S/C30H39NO15/c1-14(32)31-22-25(23-21(43-29(22)37-6)13-39-28(45-23)19-10-8-7-9-11-19)46-30-27(42-18(5)36)26(41-17(4)35)24(40-16(3)34)20(44-30)12-38-15(2)33/h7-11,20-30H,12-13H2,1-6H3,(H,31,32)/t20-,21-,22-,23-,24+,25-,26+,27-,28?,29-,30+/m1/s1. The highest BCUT2D eigenvalue weighted by atomic mass is 16.8. The van der Waals surface area contributed by atoms with Crippen LogP contribution in [0.2, 0.25) is 0 Å². The first kappa shape index (κ1) is 35.2. The zero-order valence-corrected chi connectivity index (χ0v) is 26.3. The van der Waals surface area contributed by atoms with Gasteiger partial charge >= 0.3 is 23.9 Å². The van der Waals surface area contributed by atoms with Crippen molar-refractivity contribution in [1.29, 1.82) is 0 Å². The van der Waals surface area contributed by atoms with Gasteiger partial charge in [-0.2, -0.15) is 0 Å². The molecule has 1 aromatic carbocycles. The Labute approximate surface area is 265 Å². The summed E-state index contributed by atoms with van der Waals surface area (Å²) < 4.78 is 58.3. The third-order valence-electron chi connectivity index (χ3n) is 7.25. The molecule has 1 N–H and O–H groups in total. The van der Waals surface area contributed by atoms with Crippen LogP contribution >= 0.6 is 0 Å². The Balaban J connectivity index is 1.76. The fourth-order valence-corrected chi connectivity index (χ4v) is 5.56. The van der Waals surface area contributed by atoms with Crippen molar-refractivity contribution in [3.63, 3.8) is 0 Å². The van der Waals surface area contributed by atoms with Gasteiger partial charge in [-0.3, -0.25) is 24.0 Å². The Hall–Kier alpha value is -3.67. The summed E-state index contributed by atoms with van der Waals surface area (Å²) in [5, 5.41) is 2.77. The van der Waals surface area contributed by atoms with Crippen molar-refractivity contribution in [2.75, 3.05) is 20.3 Å². The molecule has 0 bridgehead atoms. The van der Waals surface area contributed by atoms with Crippen LogP contribution in [0.4, 0.5) is 0 Å². The van der Waals surface area contributed by atoms with E-state index in [4.69, 9.17) is 47.4 Å². The minimum absolute atomic E-state index is 0.0509. The van der Waals surface area contributed by atoms with Crippen LogP contribution in [0.25, 0.3) is 0 Å². The second kappa shape index (κ2) is 15.8. The van der Waals surface area contributed by atoms with E-state index in [0.717, 1.165) is 20.8 Å². The van der Waals surface area contributed by atoms with Gasteiger partial charge in [0.2, 0.25) is 5.91 Å². The molecule has 46 heavy (non-hydrogen) atoms. The summed E-state index contributed by atoms with van der Waals surface area (Å²) in [4.78, 5) is 60.9. The molecule has 1 unspecified atom stereocenters. The van der Waals surface area contributed by atoms with Crippen LogP contribution in [-0.2, 0) is 71.3 Å². The fraction of sp³-hybridized carbons (Fsp3) is 0.633. The first-order valence-electron chi connectivity index (χ1n) is 14.6. The summed E-state index contributed by atoms with van der Waals surface area (Å²) in [6.07, 6.45) is -11.9. The monoisotopic (exact) mass is 653 g/mol. The molecule has 3 heterocycles. The van der Waals surface area contributed by atoms with Crippen LogP contribution in [0.15, 0.2) is 30.3 Å². The van der Waals surface area contributed by atoms with Gasteiger partial charge in [-0.25, -0.2) is 0 Å². The second-order valence-corrected chi connectivity index (χ2v) is 10.8. The summed E-state index contributed by atoms with van der Waals surface area (Å²) in [5.41, 5.74) is 0.705. The van der Waals surface area contributed by atoms with Crippen molar-refractivity contribution in [2.45, 2.75) is 102 Å². The highest BCUT2D eigenvalue weighted by molar-refractivity contribution is 5.73. The van der Waals surface area contributed by atoms with Crippen LogP contribution in [0.5, 0.6) is 0 Å². The van der Waals surface area contributed by atoms with Crippen molar-refractivity contribution in [3.05, 3.63) is 35.9 Å². The molecule has 1 aromatic rings. The second-order valence-electron chi connectivity index (χ2n) is 10.8. The maximum atomic E-state index is 12.4. The first-order valence-corrected chi connectivity index (χ1v) is 14.6. The molecule has 3 saturated heterocycles. The van der Waals surface area contributed by atoms with E-state index in [9.17, 15) is 24.0 Å². The summed E-state index contributed by atoms with van der Waals surface area (Å²) in [5.74, 6) is -3.49. The van der Waals surface area contributed by atoms with Gasteiger partial charge in [-0.05, 0) is 0 Å². The zero-order valence-electron chi connectivity index (χ0n) is 26.3. The number of esters is 4. The third-order valence-corrected chi connectivity index (χ3v) is 7.25. The Bertz CT molecular complexity index is 1240. The lowest BCUT2D eigenvalue weighted by Gasteiger charge is -2.51. The number of benzene rings is 1. The maximum Gasteiger partial charge on any atom is 0.303 e. The quantitative estimate of drug-likeness (QED) is 0.270. The van der Waals surface area contributed by atoms with Gasteiger partial charge < -0.3 is 52.7 Å². The molecule has 3 aliphatic heterocycles. The molecule has 0 aromatic heterocycles. The Morgan fingerprint density at radius 2 is 1.39 bits per heavy atom. The fourth-order valence-electron chi connectivity index (χ4n) is 5.56. The van der Waals surface area contributed by atoms with E-state index in [1.807, 2.05) is 30.3 Å². The average Bonchev–Trinajstić information content (AvgIpc) is 2.99. The largest absolute Gasteiger partial charge is 0.463 e. The Kier molecular flexibility index (Phi) is 12.0. The summed E-state index contributed by atoms with van der Waals surface area (Å²) in [6, 6.07) is 8.09. The predicted octanol–water partition coefficient (Wildman–Crippen LogP) is 0.445. The SMILES string of the molecule is CO[C@@H]1O[C@@H]2COC(c3ccccc3)O[C@H]2[C@H](O[C@@H]2O[C@H](COC(C)=O)[C@H](OC(C)=O)[C@H](OC(C)=O)[C@H]2OC(C)=O)[C@H]1NC(C)=O. The molecule has 0 aliphatic carbocycles. The van der Waals surface area contributed by atoms with Gasteiger partial charge in [0.25, 0.3) is 0 Å². The van der Waals surface area contributed by atoms with Crippen LogP contribution < -0.4 is 5.32 Å². The van der Waals surface area contributed by atoms with Crippen molar-refractivity contribution in [1.82, 2.24) is 5.32 Å². The molecule has 254 valence electrons. The van der Waals surface area contributed by atoms with E-state index in [2.05, 4.69) is 5.32 Å². The van der Waals surface area contributed by atoms with E-state index >= 15 is 0 Å². The Morgan fingerprint density at radius 3 is 1.98 bits per heavy atom. The number of carbonyl (C=O) groups is 5. The predicted molar refractivity (Wildman–Crippen MR) is 150 cm³/mol. The highest BCUT2D eigenvalue weighted by Crippen LogP contribution is 2.38. The van der Waals surface area contributed by atoms with E-state index in [1.165, 1.54) is 21.0 Å². The topological polar surface area (TPSA) is 190 Å². The van der Waals surface area contributed by atoms with E-state index in [1.54, 1.807) is 0 Å². The lowest BCUT2D eigenvalue weighted by atomic mass is 9.94. The number of carbonyl (C=O) groups excluding carboxylic acids is 5. The van der Waals surface area contributed by atoms with Gasteiger partial charge in [0.1, 0.15) is 37.1 Å². The first-order chi connectivity index (χ1) is 21.9. The van der Waals surface area contributed by atoms with Gasteiger partial charge in [-0.15, -0.1) is 0 Å². The number of rotatable bonds is 10. The van der Waals surface area contributed by atoms with Gasteiger partial charge in [0.05, 0.1) is 6.61 Å². The van der Waals surface area contributed by atoms with Crippen LogP contribution in [0, 0.1) is 0 Å². The lowest BCUT2D eigenvalue weighted by molar-refractivity contribution is -0.376. The lowest BCUT2D eigenvalue weighted by Crippen LogP contribution is -2.70. The number of fused-ring (bicyclic) bond motifs is 1. The molecule has 16 heteroatoms. The number of hydrogen-bond acceptors (Lipinski definition) is 15. The van der Waals surface area contributed by atoms with Crippen molar-refractivity contribution in [3.8, 4) is 0 Å². The zero-order chi connectivity index (χ0) is 33.5. The van der Waals surface area contributed by atoms with E-state index in [-0.39, 0.29) is 6.61 Å². The number of nitrogens with one attached hydrogen (secondary N) is 1. The average molecular weight is 654 g/mol. The normalized spacial score (nSPS) is 33.9. The summed E-state index contributed by atoms with van der Waals surface area (Å²) in [6.45, 7) is 5.41. The molecule has 11 atom stereocenters. The molecule has 3 fully saturated rings. The molecule has 0 saturated carbocycles. The molecule has 0 spiro atoms. The summed E-state index contributed by atoms with van der Waals surface area (Å²) >= 11 is 0. The van der Waals surface area contributed by atoms with Crippen molar-refractivity contribution < 1.29 is 71.3 Å². The number of amides is 1. The number of methoxy groups -OCH3 is 1. The third kappa shape index (κ3) is 8.77. The minimum Gasteiger partial charge on any atom is -0.463 e. The molecule has 1 amide bonds. The van der Waals surface area contributed by atoms with Gasteiger partial charge in [-0.1, -0.05) is 30.3 Å². The molecular formula is C30H39NO15. The molecule has 0 radical (unpaired) electrons. The van der Waals surface area contributed by atoms with Gasteiger partial charge in [0.15, 0.2) is 37.2 Å². The van der Waals surface area contributed by atoms with Crippen LogP contribution in [-0.4, -0.2) is 111 Å². The maximum absolute atomic E-state index is 12.4. The van der Waals surface area contributed by atoms with E-state index < -0.39 is 104 Å². The van der Waals surface area contributed by atoms with Crippen LogP contribution in [0.3, 0.4) is 0 Å². The molecule has 3 aliphatic rings.